The van der Waals surface area contributed by atoms with Gasteiger partial charge in [-0.2, -0.15) is 5.26 Å². The highest BCUT2D eigenvalue weighted by Gasteiger charge is 2.18. The summed E-state index contributed by atoms with van der Waals surface area (Å²) in [4.78, 5) is 11.4. The molecule has 23 heavy (non-hydrogen) atoms. The Kier molecular flexibility index (Phi) is 4.84. The van der Waals surface area contributed by atoms with E-state index in [1.54, 1.807) is 12.1 Å². The van der Waals surface area contributed by atoms with Gasteiger partial charge in [-0.1, -0.05) is 13.0 Å². The van der Waals surface area contributed by atoms with Crippen molar-refractivity contribution < 1.29 is 4.74 Å². The van der Waals surface area contributed by atoms with Crippen LogP contribution in [0, 0.1) is 11.3 Å². The second-order valence-corrected chi connectivity index (χ2v) is 5.63. The predicted octanol–water partition coefficient (Wildman–Crippen LogP) is 2.35. The second-order valence-electron chi connectivity index (χ2n) is 5.63. The second kappa shape index (κ2) is 7.21. The third-order valence-electron chi connectivity index (χ3n) is 4.03. The highest BCUT2D eigenvalue weighted by atomic mass is 16.5. The van der Waals surface area contributed by atoms with Gasteiger partial charge in [0.1, 0.15) is 18.2 Å². The maximum atomic E-state index is 8.90. The normalized spacial score (nSPS) is 14.1. The molecule has 118 valence electrons. The number of aromatic nitrogens is 2. The van der Waals surface area contributed by atoms with E-state index in [-0.39, 0.29) is 0 Å². The lowest BCUT2D eigenvalue weighted by atomic mass is 10.1. The minimum Gasteiger partial charge on any atom is -0.492 e. The standard InChI is InChI=1S/C18H20N4O/c1-2-18-20-12-15-6-7-22(13-17(15)21-18)8-9-23-16-5-3-4-14(10-16)11-19/h3-5,10,12H,2,6-9,13H2,1H3. The van der Waals surface area contributed by atoms with Gasteiger partial charge in [0.2, 0.25) is 0 Å². The van der Waals surface area contributed by atoms with Crippen molar-refractivity contribution in [2.75, 3.05) is 19.7 Å². The minimum atomic E-state index is 0.607. The van der Waals surface area contributed by atoms with Gasteiger partial charge in [0.05, 0.1) is 17.3 Å². The van der Waals surface area contributed by atoms with Crippen molar-refractivity contribution >= 4 is 0 Å². The molecular formula is C18H20N4O. The molecule has 0 unspecified atom stereocenters. The number of nitrogens with zero attached hydrogens (tertiary/aromatic N) is 4. The number of ether oxygens (including phenoxy) is 1. The summed E-state index contributed by atoms with van der Waals surface area (Å²) in [6, 6.07) is 9.40. The molecule has 5 nitrogen and oxygen atoms in total. The van der Waals surface area contributed by atoms with E-state index in [4.69, 9.17) is 10.00 Å². The number of rotatable bonds is 5. The van der Waals surface area contributed by atoms with Crippen LogP contribution in [0.15, 0.2) is 30.5 Å². The fourth-order valence-corrected chi connectivity index (χ4v) is 2.71. The molecule has 0 atom stereocenters. The smallest absolute Gasteiger partial charge is 0.128 e. The first kappa shape index (κ1) is 15.4. The first-order valence-electron chi connectivity index (χ1n) is 7.97. The topological polar surface area (TPSA) is 62.0 Å². The zero-order chi connectivity index (χ0) is 16.1. The Hall–Kier alpha value is -2.45. The number of hydrogen-bond donors (Lipinski definition) is 0. The summed E-state index contributed by atoms with van der Waals surface area (Å²) < 4.78 is 5.76. The summed E-state index contributed by atoms with van der Waals surface area (Å²) in [5.41, 5.74) is 3.04. The first-order valence-corrected chi connectivity index (χ1v) is 7.97. The molecule has 2 heterocycles. The van der Waals surface area contributed by atoms with Crippen LogP contribution in [0.1, 0.15) is 29.6 Å². The van der Waals surface area contributed by atoms with E-state index in [2.05, 4.69) is 27.9 Å². The molecular weight excluding hydrogens is 288 g/mol. The average molecular weight is 308 g/mol. The Bertz CT molecular complexity index is 723. The number of fused-ring (bicyclic) bond motifs is 1. The highest BCUT2D eigenvalue weighted by Crippen LogP contribution is 2.17. The van der Waals surface area contributed by atoms with E-state index >= 15 is 0 Å². The maximum absolute atomic E-state index is 8.90. The largest absolute Gasteiger partial charge is 0.492 e. The summed E-state index contributed by atoms with van der Waals surface area (Å²) in [7, 11) is 0. The average Bonchev–Trinajstić information content (AvgIpc) is 2.61. The lowest BCUT2D eigenvalue weighted by Gasteiger charge is -2.27. The van der Waals surface area contributed by atoms with Crippen molar-refractivity contribution in [3.05, 3.63) is 53.1 Å². The van der Waals surface area contributed by atoms with Gasteiger partial charge in [-0.3, -0.25) is 4.90 Å². The van der Waals surface area contributed by atoms with E-state index < -0.39 is 0 Å². The predicted molar refractivity (Wildman–Crippen MR) is 87.0 cm³/mol. The summed E-state index contributed by atoms with van der Waals surface area (Å²) in [6.07, 6.45) is 3.83. The molecule has 0 bridgehead atoms. The van der Waals surface area contributed by atoms with Crippen LogP contribution in [0.4, 0.5) is 0 Å². The van der Waals surface area contributed by atoms with E-state index in [1.807, 2.05) is 18.3 Å². The lowest BCUT2D eigenvalue weighted by molar-refractivity contribution is 0.193. The number of nitriles is 1. The van der Waals surface area contributed by atoms with Crippen LogP contribution in [0.5, 0.6) is 5.75 Å². The molecule has 1 aliphatic rings. The first-order chi connectivity index (χ1) is 11.3. The third-order valence-corrected chi connectivity index (χ3v) is 4.03. The molecule has 3 rings (SSSR count). The van der Waals surface area contributed by atoms with Crippen LogP contribution < -0.4 is 4.74 Å². The van der Waals surface area contributed by atoms with E-state index in [0.717, 1.165) is 49.7 Å². The van der Waals surface area contributed by atoms with Gasteiger partial charge in [0, 0.05) is 32.3 Å². The summed E-state index contributed by atoms with van der Waals surface area (Å²) in [5, 5.41) is 8.90. The van der Waals surface area contributed by atoms with Crippen LogP contribution in [0.2, 0.25) is 0 Å². The van der Waals surface area contributed by atoms with Gasteiger partial charge < -0.3 is 4.74 Å². The van der Waals surface area contributed by atoms with Gasteiger partial charge in [0.15, 0.2) is 0 Å². The molecule has 0 saturated heterocycles. The van der Waals surface area contributed by atoms with E-state index in [9.17, 15) is 0 Å². The highest BCUT2D eigenvalue weighted by molar-refractivity contribution is 5.36. The molecule has 0 amide bonds. The summed E-state index contributed by atoms with van der Waals surface area (Å²) in [5.74, 6) is 1.66. The number of aryl methyl sites for hydroxylation is 1. The summed E-state index contributed by atoms with van der Waals surface area (Å²) >= 11 is 0. The number of benzene rings is 1. The van der Waals surface area contributed by atoms with Crippen molar-refractivity contribution in [1.82, 2.24) is 14.9 Å². The number of hydrogen-bond acceptors (Lipinski definition) is 5. The molecule has 1 aromatic heterocycles. The maximum Gasteiger partial charge on any atom is 0.128 e. The quantitative estimate of drug-likeness (QED) is 0.848. The fraction of sp³-hybridized carbons (Fsp3) is 0.389. The molecule has 0 saturated carbocycles. The Labute approximate surface area is 136 Å². The van der Waals surface area contributed by atoms with E-state index in [0.29, 0.717) is 12.2 Å². The Morgan fingerprint density at radius 3 is 3.13 bits per heavy atom. The van der Waals surface area contributed by atoms with Crippen LogP contribution in [0.3, 0.4) is 0 Å². The Morgan fingerprint density at radius 2 is 2.30 bits per heavy atom. The molecule has 0 aliphatic carbocycles. The molecule has 1 aromatic carbocycles. The van der Waals surface area contributed by atoms with Crippen molar-refractivity contribution in [3.8, 4) is 11.8 Å². The van der Waals surface area contributed by atoms with Crippen molar-refractivity contribution in [2.24, 2.45) is 0 Å². The van der Waals surface area contributed by atoms with Gasteiger partial charge in [-0.15, -0.1) is 0 Å². The van der Waals surface area contributed by atoms with Crippen LogP contribution in [0.25, 0.3) is 0 Å². The van der Waals surface area contributed by atoms with Crippen molar-refractivity contribution in [1.29, 1.82) is 5.26 Å². The van der Waals surface area contributed by atoms with Crippen LogP contribution >= 0.6 is 0 Å². The minimum absolute atomic E-state index is 0.607. The van der Waals surface area contributed by atoms with Gasteiger partial charge in [-0.25, -0.2) is 9.97 Å². The van der Waals surface area contributed by atoms with Crippen molar-refractivity contribution in [2.45, 2.75) is 26.3 Å². The summed E-state index contributed by atoms with van der Waals surface area (Å²) in [6.45, 7) is 5.39. The van der Waals surface area contributed by atoms with Gasteiger partial charge >= 0.3 is 0 Å². The Morgan fingerprint density at radius 1 is 1.39 bits per heavy atom. The molecule has 0 radical (unpaired) electrons. The zero-order valence-electron chi connectivity index (χ0n) is 13.3. The molecule has 1 aliphatic heterocycles. The molecule has 0 fully saturated rings. The molecule has 0 spiro atoms. The SMILES string of the molecule is CCc1ncc2c(n1)CN(CCOc1cccc(C#N)c1)CC2. The van der Waals surface area contributed by atoms with Crippen molar-refractivity contribution in [3.63, 3.8) is 0 Å². The monoisotopic (exact) mass is 308 g/mol. The third kappa shape index (κ3) is 3.85. The molecule has 0 N–H and O–H groups in total. The van der Waals surface area contributed by atoms with Gasteiger partial charge in [-0.05, 0) is 30.2 Å². The Balaban J connectivity index is 1.54. The zero-order valence-corrected chi connectivity index (χ0v) is 13.3. The van der Waals surface area contributed by atoms with Gasteiger partial charge in [0.25, 0.3) is 0 Å². The van der Waals surface area contributed by atoms with Crippen LogP contribution in [-0.2, 0) is 19.4 Å². The lowest BCUT2D eigenvalue weighted by Crippen LogP contribution is -2.34. The van der Waals surface area contributed by atoms with Crippen LogP contribution in [-0.4, -0.2) is 34.6 Å². The molecule has 5 heteroatoms. The van der Waals surface area contributed by atoms with E-state index in [1.165, 1.54) is 5.56 Å². The molecule has 2 aromatic rings. The fourth-order valence-electron chi connectivity index (χ4n) is 2.71.